The molecule has 0 aliphatic rings. The lowest BCUT2D eigenvalue weighted by Gasteiger charge is -2.43. The monoisotopic (exact) mass is 376 g/mol. The van der Waals surface area contributed by atoms with Crippen molar-refractivity contribution in [2.75, 3.05) is 20.3 Å². The van der Waals surface area contributed by atoms with E-state index < -0.39 is 11.0 Å². The van der Waals surface area contributed by atoms with Crippen molar-refractivity contribution in [1.82, 2.24) is 0 Å². The Morgan fingerprint density at radius 1 is 1.07 bits per heavy atom. The Morgan fingerprint density at radius 2 is 1.59 bits per heavy atom. The maximum atomic E-state index is 10.3. The van der Waals surface area contributed by atoms with Gasteiger partial charge in [0.05, 0.1) is 18.6 Å². The maximum Gasteiger partial charge on any atom is 0.358 e. The molecule has 0 spiro atoms. The van der Waals surface area contributed by atoms with E-state index in [9.17, 15) is 15.3 Å². The van der Waals surface area contributed by atoms with Gasteiger partial charge < -0.3 is 20.1 Å². The molecule has 0 aromatic heterocycles. The molecule has 0 aliphatic heterocycles. The molecule has 0 rings (SSSR count). The van der Waals surface area contributed by atoms with Crippen LogP contribution in [0.25, 0.3) is 0 Å². The second kappa shape index (κ2) is 9.53. The van der Waals surface area contributed by atoms with E-state index in [0.29, 0.717) is 16.7 Å². The van der Waals surface area contributed by atoms with Gasteiger partial charge in [0, 0.05) is 31.8 Å². The quantitative estimate of drug-likeness (QED) is 0.166. The predicted octanol–water partition coefficient (Wildman–Crippen LogP) is 4.21. The van der Waals surface area contributed by atoms with Gasteiger partial charge in [0.25, 0.3) is 0 Å². The molecule has 150 valence electrons. The molecular weight excluding hydrogens is 342 g/mol. The van der Waals surface area contributed by atoms with Gasteiger partial charge in [0.2, 0.25) is 5.54 Å². The molecule has 5 nitrogen and oxygen atoms in total. The molecule has 2 unspecified atom stereocenters. The zero-order valence-electron chi connectivity index (χ0n) is 17.3. The molecule has 0 saturated carbocycles. The highest BCUT2D eigenvalue weighted by Crippen LogP contribution is 2.45. The number of nitrogens with zero attached hydrogens (tertiary/aromatic N) is 1. The number of methoxy groups -OCH3 is 1. The first-order valence-electron chi connectivity index (χ1n) is 8.51. The number of ether oxygens (including phenoxy) is 1. The average molecular weight is 377 g/mol. The molecule has 0 aliphatic carbocycles. The molecule has 27 heavy (non-hydrogen) atoms. The lowest BCUT2D eigenvalue weighted by Crippen LogP contribution is -2.56. The van der Waals surface area contributed by atoms with E-state index in [0.717, 1.165) is 5.57 Å². The van der Waals surface area contributed by atoms with Crippen molar-refractivity contribution in [1.29, 1.82) is 0 Å². The van der Waals surface area contributed by atoms with Gasteiger partial charge in [0.15, 0.2) is 0 Å². The Hall–Kier alpha value is -2.37. The maximum absolute atomic E-state index is 10.3. The summed E-state index contributed by atoms with van der Waals surface area (Å²) in [7, 11) is 1.53. The standard InChI is InChI=1S/C22H33NO4/c1-15(2)20(26)16(3)11-12-17(4)21(7,14-24)22(8,18(5)13-27-10)23(9)19(6)25/h11-12,24H,3-6,9,13-14H2,1-2,7-8,10H3,(H-,25,26)/p+1/b12-11-. The molecule has 0 saturated heterocycles. The Morgan fingerprint density at radius 3 is 1.96 bits per heavy atom. The summed E-state index contributed by atoms with van der Waals surface area (Å²) in [4.78, 5) is 0. The summed E-state index contributed by atoms with van der Waals surface area (Å²) in [6.45, 7) is 26.4. The summed E-state index contributed by atoms with van der Waals surface area (Å²) >= 11 is 0. The van der Waals surface area contributed by atoms with Crippen LogP contribution >= 0.6 is 0 Å². The summed E-state index contributed by atoms with van der Waals surface area (Å²) in [6, 6.07) is 0. The van der Waals surface area contributed by atoms with Crippen molar-refractivity contribution in [3.63, 3.8) is 0 Å². The van der Waals surface area contributed by atoms with Crippen molar-refractivity contribution >= 4 is 6.72 Å². The van der Waals surface area contributed by atoms with Gasteiger partial charge in [-0.05, 0) is 31.9 Å². The number of hydrogen-bond donors (Lipinski definition) is 3. The van der Waals surface area contributed by atoms with Crippen molar-refractivity contribution in [2.24, 2.45) is 5.41 Å². The van der Waals surface area contributed by atoms with Crippen LogP contribution in [0, 0.1) is 5.41 Å². The van der Waals surface area contributed by atoms with Gasteiger partial charge in [-0.1, -0.05) is 31.9 Å². The third-order valence-electron chi connectivity index (χ3n) is 5.22. The summed E-state index contributed by atoms with van der Waals surface area (Å²) in [6.07, 6.45) is 3.29. The zero-order chi connectivity index (χ0) is 21.6. The van der Waals surface area contributed by atoms with Gasteiger partial charge in [-0.25, -0.2) is 0 Å². The number of hydrogen-bond acceptors (Lipinski definition) is 4. The first kappa shape index (κ1) is 24.6. The smallest absolute Gasteiger partial charge is 0.358 e. The minimum Gasteiger partial charge on any atom is -0.507 e. The minimum absolute atomic E-state index is 0.0961. The van der Waals surface area contributed by atoms with E-state index in [-0.39, 0.29) is 24.9 Å². The van der Waals surface area contributed by atoms with Crippen molar-refractivity contribution in [3.05, 3.63) is 72.4 Å². The lowest BCUT2D eigenvalue weighted by molar-refractivity contribution is -0.584. The van der Waals surface area contributed by atoms with Crippen LogP contribution in [0.3, 0.4) is 0 Å². The molecule has 0 fully saturated rings. The number of aliphatic hydroxyl groups is 3. The van der Waals surface area contributed by atoms with Gasteiger partial charge in [-0.15, -0.1) is 0 Å². The molecule has 0 aromatic rings. The summed E-state index contributed by atoms with van der Waals surface area (Å²) in [5, 5.41) is 30.3. The fourth-order valence-corrected chi connectivity index (χ4v) is 2.81. The van der Waals surface area contributed by atoms with Crippen LogP contribution in [-0.4, -0.2) is 52.5 Å². The van der Waals surface area contributed by atoms with Crippen LogP contribution in [0.4, 0.5) is 0 Å². The zero-order valence-corrected chi connectivity index (χ0v) is 17.3. The van der Waals surface area contributed by atoms with Crippen LogP contribution in [0.2, 0.25) is 0 Å². The average Bonchev–Trinajstić information content (AvgIpc) is 2.62. The third kappa shape index (κ3) is 4.87. The molecule has 0 heterocycles. The first-order chi connectivity index (χ1) is 12.3. The number of rotatable bonds is 11. The van der Waals surface area contributed by atoms with Crippen LogP contribution in [-0.2, 0) is 4.74 Å². The number of allylic oxidation sites excluding steroid dienone is 3. The Balaban J connectivity index is 6.25. The predicted molar refractivity (Wildman–Crippen MR) is 112 cm³/mol. The first-order valence-corrected chi connectivity index (χ1v) is 8.51. The Labute approximate surface area is 163 Å². The normalized spacial score (nSPS) is 15.5. The Bertz CT molecular complexity index is 710. The van der Waals surface area contributed by atoms with E-state index in [1.807, 2.05) is 0 Å². The summed E-state index contributed by atoms with van der Waals surface area (Å²) < 4.78 is 6.50. The van der Waals surface area contributed by atoms with Crippen LogP contribution in [0.1, 0.15) is 27.7 Å². The summed E-state index contributed by atoms with van der Waals surface area (Å²) in [5.41, 5.74) is 0.193. The molecule has 2 atom stereocenters. The second-order valence-corrected chi connectivity index (χ2v) is 7.18. The van der Waals surface area contributed by atoms with Crippen LogP contribution in [0.15, 0.2) is 72.4 Å². The van der Waals surface area contributed by atoms with E-state index in [1.165, 1.54) is 11.7 Å². The van der Waals surface area contributed by atoms with Crippen molar-refractivity contribution in [3.8, 4) is 0 Å². The highest BCUT2D eigenvalue weighted by atomic mass is 16.5. The van der Waals surface area contributed by atoms with Gasteiger partial charge in [0.1, 0.15) is 12.5 Å². The van der Waals surface area contributed by atoms with Crippen molar-refractivity contribution < 1.29 is 24.6 Å². The summed E-state index contributed by atoms with van der Waals surface area (Å²) in [5.74, 6) is -0.184. The fourth-order valence-electron chi connectivity index (χ4n) is 2.81. The highest BCUT2D eigenvalue weighted by molar-refractivity contribution is 5.41. The van der Waals surface area contributed by atoms with Gasteiger partial charge in [-0.2, -0.15) is 4.58 Å². The molecule has 0 bridgehead atoms. The largest absolute Gasteiger partial charge is 0.507 e. The fraction of sp³-hybridized carbons (Fsp3) is 0.409. The number of aliphatic hydroxyl groups excluding tert-OH is 3. The highest BCUT2D eigenvalue weighted by Gasteiger charge is 2.56. The molecular formula is C22H34NO4+. The third-order valence-corrected chi connectivity index (χ3v) is 5.22. The van der Waals surface area contributed by atoms with Gasteiger partial charge >= 0.3 is 5.88 Å². The van der Waals surface area contributed by atoms with E-state index in [1.54, 1.807) is 39.8 Å². The second-order valence-electron chi connectivity index (χ2n) is 7.18. The SMILES string of the molecule is C=C(/C=C\C(=C)C(C)(CO)C(C)(C(=C)COC)[N+](=C)C(=C)O)C(O)=C(C)C. The van der Waals surface area contributed by atoms with Crippen LogP contribution < -0.4 is 0 Å². The molecule has 0 amide bonds. The van der Waals surface area contributed by atoms with Gasteiger partial charge in [-0.3, -0.25) is 0 Å². The van der Waals surface area contributed by atoms with E-state index in [4.69, 9.17) is 4.74 Å². The molecule has 3 N–H and O–H groups in total. The Kier molecular flexibility index (Phi) is 8.70. The minimum atomic E-state index is -1.06. The molecule has 5 heteroatoms. The lowest BCUT2D eigenvalue weighted by atomic mass is 9.64. The van der Waals surface area contributed by atoms with E-state index in [2.05, 4.69) is 33.0 Å². The van der Waals surface area contributed by atoms with Crippen molar-refractivity contribution in [2.45, 2.75) is 33.2 Å². The molecule has 0 radical (unpaired) electrons. The van der Waals surface area contributed by atoms with Crippen LogP contribution in [0.5, 0.6) is 0 Å². The van der Waals surface area contributed by atoms with E-state index >= 15 is 0 Å². The topological polar surface area (TPSA) is 72.9 Å². The molecule has 0 aromatic carbocycles.